The molecule has 4 aliphatic rings. The van der Waals surface area contributed by atoms with Crippen molar-refractivity contribution >= 4 is 64.1 Å². The number of carbonyl (C=O) groups is 6. The number of carbonyl (C=O) groups excluding carboxylic acids is 6. The van der Waals surface area contributed by atoms with Gasteiger partial charge in [0.25, 0.3) is 11.8 Å². The number of imide groups is 2. The van der Waals surface area contributed by atoms with Crippen LogP contribution < -0.4 is 15.8 Å². The molecule has 358 valence electrons. The van der Waals surface area contributed by atoms with Crippen molar-refractivity contribution in [3.63, 3.8) is 0 Å². The molecule has 2 aromatic heterocycles. The smallest absolute Gasteiger partial charge is 0.263 e. The fourth-order valence-corrected chi connectivity index (χ4v) is 9.92. The summed E-state index contributed by atoms with van der Waals surface area (Å²) in [6.45, 7) is 4.89. The van der Waals surface area contributed by atoms with Gasteiger partial charge in [0.2, 0.25) is 23.6 Å². The Morgan fingerprint density at radius 1 is 0.826 bits per heavy atom. The van der Waals surface area contributed by atoms with Gasteiger partial charge in [-0.2, -0.15) is 5.10 Å². The number of nitrogen functional groups attached to an aromatic ring is 1. The summed E-state index contributed by atoms with van der Waals surface area (Å²) in [5.41, 5.74) is 9.03. The molecule has 3 N–H and O–H groups in total. The molecule has 2 unspecified atom stereocenters. The number of anilines is 1. The van der Waals surface area contributed by atoms with E-state index in [-0.39, 0.29) is 61.6 Å². The summed E-state index contributed by atoms with van der Waals surface area (Å²) >= 11 is 1.36. The standard InChI is InChI=1S/C49H52N10O9S/c50-45-43-44(32-13-15-35(16-14-32)68-34-8-2-1-3-9-34)54-59(46(43)52-31-51-45)33-7-5-20-57(29-33)40(61)12-6-19-55-21-23-56(24-22-55)41(62)30-67-26-25-66-27-28-69-38-11-4-10-36-42(38)49(65)58(48(36)64)37-17-18-39(60)53-47(37)63/h1-4,6,8-16,31,33,37H,5,7,17-30H2,(H2,50,51,52)(H,53,60,63)/b12-6+. The van der Waals surface area contributed by atoms with E-state index in [1.165, 1.54) is 18.1 Å². The Labute approximate surface area is 401 Å². The van der Waals surface area contributed by atoms with Gasteiger partial charge in [0.15, 0.2) is 5.65 Å². The van der Waals surface area contributed by atoms with Crippen LogP contribution in [-0.4, -0.2) is 159 Å². The highest BCUT2D eigenvalue weighted by Crippen LogP contribution is 2.36. The molecular formula is C49H52N10O9S. The van der Waals surface area contributed by atoms with Gasteiger partial charge in [-0.15, -0.1) is 11.8 Å². The molecule has 0 aliphatic carbocycles. The van der Waals surface area contributed by atoms with Crippen molar-refractivity contribution in [2.75, 3.05) is 83.7 Å². The molecule has 6 heterocycles. The summed E-state index contributed by atoms with van der Waals surface area (Å²) in [4.78, 5) is 93.0. The van der Waals surface area contributed by atoms with Crippen LogP contribution in [-0.2, 0) is 28.7 Å². The summed E-state index contributed by atoms with van der Waals surface area (Å²) in [7, 11) is 0. The Kier molecular flexibility index (Phi) is 14.7. The van der Waals surface area contributed by atoms with Gasteiger partial charge in [0.1, 0.15) is 42.0 Å². The number of benzene rings is 3. The van der Waals surface area contributed by atoms with E-state index in [2.05, 4.69) is 20.2 Å². The fourth-order valence-electron chi connectivity index (χ4n) is 8.99. The largest absolute Gasteiger partial charge is 0.457 e. The van der Waals surface area contributed by atoms with Gasteiger partial charge in [-0.05, 0) is 67.8 Å². The van der Waals surface area contributed by atoms with Crippen LogP contribution in [0.2, 0.25) is 0 Å². The Morgan fingerprint density at radius 3 is 2.41 bits per heavy atom. The number of para-hydroxylation sites is 1. The lowest BCUT2D eigenvalue weighted by Crippen LogP contribution is -2.54. The maximum absolute atomic E-state index is 13.5. The monoisotopic (exact) mass is 956 g/mol. The maximum Gasteiger partial charge on any atom is 0.263 e. The SMILES string of the molecule is Nc1ncnc2c1c(-c1ccc(Oc3ccccc3)cc1)nn2C1CCCN(C(=O)/C=C/CN2CCN(C(=O)COCCOCCSc3cccc4c3C(=O)N(C3CCC(=O)NC3=O)C4=O)CC2)C1. The average Bonchev–Trinajstić information content (AvgIpc) is 3.88. The topological polar surface area (TPSA) is 225 Å². The highest BCUT2D eigenvalue weighted by molar-refractivity contribution is 7.99. The van der Waals surface area contributed by atoms with Crippen molar-refractivity contribution in [3.05, 3.63) is 102 Å². The summed E-state index contributed by atoms with van der Waals surface area (Å²) in [6, 6.07) is 21.1. The highest BCUT2D eigenvalue weighted by atomic mass is 32.2. The van der Waals surface area contributed by atoms with E-state index in [1.807, 2.05) is 70.3 Å². The molecule has 20 heteroatoms. The number of fused-ring (bicyclic) bond motifs is 2. The van der Waals surface area contributed by atoms with E-state index < -0.39 is 29.7 Å². The minimum atomic E-state index is -1.02. The Hall–Kier alpha value is -7.00. The van der Waals surface area contributed by atoms with Crippen molar-refractivity contribution in [2.45, 2.75) is 42.7 Å². The van der Waals surface area contributed by atoms with Crippen LogP contribution >= 0.6 is 11.8 Å². The van der Waals surface area contributed by atoms with Crippen LogP contribution in [0, 0.1) is 0 Å². The number of aromatic nitrogens is 4. The summed E-state index contributed by atoms with van der Waals surface area (Å²) < 4.78 is 19.2. The Bertz CT molecular complexity index is 2760. The third-order valence-corrected chi connectivity index (χ3v) is 13.6. The molecule has 0 spiro atoms. The first-order valence-corrected chi connectivity index (χ1v) is 24.0. The van der Waals surface area contributed by atoms with Crippen LogP contribution in [0.25, 0.3) is 22.3 Å². The molecule has 19 nitrogen and oxygen atoms in total. The van der Waals surface area contributed by atoms with Crippen LogP contribution in [0.3, 0.4) is 0 Å². The first-order valence-electron chi connectivity index (χ1n) is 23.0. The number of piperazine rings is 1. The summed E-state index contributed by atoms with van der Waals surface area (Å²) in [5.74, 6) is -0.0770. The fraction of sp³-hybridized carbons (Fsp3) is 0.367. The zero-order valence-corrected chi connectivity index (χ0v) is 38.7. The number of nitrogens with one attached hydrogen (secondary N) is 1. The van der Waals surface area contributed by atoms with E-state index >= 15 is 0 Å². The number of amides is 6. The zero-order valence-electron chi connectivity index (χ0n) is 37.9. The van der Waals surface area contributed by atoms with Gasteiger partial charge in [-0.1, -0.05) is 30.3 Å². The minimum Gasteiger partial charge on any atom is -0.457 e. The maximum atomic E-state index is 13.5. The van der Waals surface area contributed by atoms with E-state index in [0.29, 0.717) is 91.4 Å². The number of thioether (sulfide) groups is 1. The zero-order chi connectivity index (χ0) is 47.9. The molecule has 3 fully saturated rings. The quantitative estimate of drug-likeness (QED) is 0.0583. The van der Waals surface area contributed by atoms with E-state index in [0.717, 1.165) is 29.1 Å². The van der Waals surface area contributed by atoms with Crippen LogP contribution in [0.5, 0.6) is 11.5 Å². The average molecular weight is 957 g/mol. The molecule has 6 amide bonds. The van der Waals surface area contributed by atoms with Gasteiger partial charge in [-0.25, -0.2) is 14.6 Å². The number of hydrogen-bond acceptors (Lipinski definition) is 15. The van der Waals surface area contributed by atoms with Crippen molar-refractivity contribution in [1.82, 2.24) is 44.7 Å². The van der Waals surface area contributed by atoms with Crippen LogP contribution in [0.4, 0.5) is 5.82 Å². The molecule has 3 aromatic carbocycles. The molecular weight excluding hydrogens is 905 g/mol. The second kappa shape index (κ2) is 21.5. The van der Waals surface area contributed by atoms with Crippen molar-refractivity contribution in [2.24, 2.45) is 0 Å². The van der Waals surface area contributed by atoms with E-state index in [4.69, 9.17) is 25.0 Å². The molecule has 0 saturated carbocycles. The number of rotatable bonds is 17. The van der Waals surface area contributed by atoms with Crippen molar-refractivity contribution in [1.29, 1.82) is 0 Å². The molecule has 2 atom stereocenters. The van der Waals surface area contributed by atoms with Gasteiger partial charge >= 0.3 is 0 Å². The second-order valence-electron chi connectivity index (χ2n) is 17.0. The predicted molar refractivity (Wildman–Crippen MR) is 254 cm³/mol. The molecule has 69 heavy (non-hydrogen) atoms. The predicted octanol–water partition coefficient (Wildman–Crippen LogP) is 3.96. The molecule has 9 rings (SSSR count). The van der Waals surface area contributed by atoms with Gasteiger partial charge in [-0.3, -0.25) is 43.9 Å². The number of ether oxygens (including phenoxy) is 3. The number of nitrogens with zero attached hydrogens (tertiary/aromatic N) is 8. The van der Waals surface area contributed by atoms with E-state index in [9.17, 15) is 28.8 Å². The number of nitrogens with two attached hydrogens (primary N) is 1. The third-order valence-electron chi connectivity index (χ3n) is 12.5. The molecule has 0 radical (unpaired) electrons. The number of hydrogen-bond donors (Lipinski definition) is 2. The summed E-state index contributed by atoms with van der Waals surface area (Å²) in [5, 5.41) is 7.90. The van der Waals surface area contributed by atoms with E-state index in [1.54, 1.807) is 29.2 Å². The third kappa shape index (κ3) is 10.7. The van der Waals surface area contributed by atoms with Crippen molar-refractivity contribution < 1.29 is 43.0 Å². The minimum absolute atomic E-state index is 0.0544. The van der Waals surface area contributed by atoms with Crippen LogP contribution in [0.15, 0.2) is 96.2 Å². The molecule has 3 saturated heterocycles. The first kappa shape index (κ1) is 47.1. The summed E-state index contributed by atoms with van der Waals surface area (Å²) in [6.07, 6.45) is 6.74. The second-order valence-corrected chi connectivity index (χ2v) is 18.1. The highest BCUT2D eigenvalue weighted by Gasteiger charge is 2.45. The molecule has 0 bridgehead atoms. The van der Waals surface area contributed by atoms with Crippen molar-refractivity contribution in [3.8, 4) is 22.8 Å². The lowest BCUT2D eigenvalue weighted by Gasteiger charge is -2.34. The lowest BCUT2D eigenvalue weighted by atomic mass is 10.0. The first-order chi connectivity index (χ1) is 33.6. The number of piperidine rings is 2. The molecule has 5 aromatic rings. The Balaban J connectivity index is 0.673. The van der Waals surface area contributed by atoms with Gasteiger partial charge in [0.05, 0.1) is 42.4 Å². The molecule has 4 aliphatic heterocycles. The lowest BCUT2D eigenvalue weighted by molar-refractivity contribution is -0.138. The van der Waals surface area contributed by atoms with Crippen LogP contribution in [0.1, 0.15) is 52.4 Å². The van der Waals surface area contributed by atoms with Gasteiger partial charge in [0, 0.05) is 74.5 Å². The normalized spacial score (nSPS) is 18.9. The van der Waals surface area contributed by atoms with Gasteiger partial charge < -0.3 is 29.7 Å². The Morgan fingerprint density at radius 2 is 1.61 bits per heavy atom. The number of likely N-dealkylation sites (tertiary alicyclic amines) is 1.